The van der Waals surface area contributed by atoms with Gasteiger partial charge < -0.3 is 5.32 Å². The van der Waals surface area contributed by atoms with Gasteiger partial charge in [0.1, 0.15) is 12.7 Å². The molecule has 1 atom stereocenters. The van der Waals surface area contributed by atoms with E-state index in [2.05, 4.69) is 15.4 Å². The van der Waals surface area contributed by atoms with Gasteiger partial charge in [0, 0.05) is 10.4 Å². The zero-order valence-corrected chi connectivity index (χ0v) is 13.0. The van der Waals surface area contributed by atoms with E-state index in [0.717, 1.165) is 10.4 Å². The van der Waals surface area contributed by atoms with Crippen LogP contribution >= 0.6 is 11.3 Å². The van der Waals surface area contributed by atoms with Gasteiger partial charge in [-0.25, -0.2) is 9.67 Å². The van der Waals surface area contributed by atoms with Crippen molar-refractivity contribution in [1.82, 2.24) is 20.1 Å². The monoisotopic (exact) mass is 312 g/mol. The molecule has 0 saturated heterocycles. The zero-order chi connectivity index (χ0) is 15.4. The van der Waals surface area contributed by atoms with Gasteiger partial charge in [-0.3, -0.25) is 4.79 Å². The Balaban J connectivity index is 1.63. The molecule has 5 nitrogen and oxygen atoms in total. The summed E-state index contributed by atoms with van der Waals surface area (Å²) in [6.45, 7) is 2.64. The smallest absolute Gasteiger partial charge is 0.251 e. The summed E-state index contributed by atoms with van der Waals surface area (Å²) in [7, 11) is 0. The molecule has 2 aromatic heterocycles. The molecule has 0 bridgehead atoms. The van der Waals surface area contributed by atoms with Crippen molar-refractivity contribution in [3.05, 3.63) is 70.4 Å². The van der Waals surface area contributed by atoms with E-state index in [-0.39, 0.29) is 11.9 Å². The van der Waals surface area contributed by atoms with Gasteiger partial charge in [0.15, 0.2) is 0 Å². The molecule has 0 aliphatic carbocycles. The highest BCUT2D eigenvalue weighted by Gasteiger charge is 2.12. The van der Waals surface area contributed by atoms with Crippen molar-refractivity contribution in [3.8, 4) is 0 Å². The summed E-state index contributed by atoms with van der Waals surface area (Å²) in [4.78, 5) is 17.3. The fraction of sp³-hybridized carbons (Fsp3) is 0.188. The van der Waals surface area contributed by atoms with Crippen LogP contribution in [0.15, 0.2) is 54.4 Å². The van der Waals surface area contributed by atoms with Crippen LogP contribution in [0.3, 0.4) is 0 Å². The van der Waals surface area contributed by atoms with Crippen molar-refractivity contribution in [2.24, 2.45) is 0 Å². The number of benzene rings is 1. The molecule has 1 N–H and O–H groups in total. The van der Waals surface area contributed by atoms with Gasteiger partial charge in [0.25, 0.3) is 5.91 Å². The minimum absolute atomic E-state index is 0.0160. The van der Waals surface area contributed by atoms with E-state index in [9.17, 15) is 4.79 Å². The Morgan fingerprint density at radius 3 is 2.77 bits per heavy atom. The molecule has 1 unspecified atom stereocenters. The molecule has 0 saturated carbocycles. The van der Waals surface area contributed by atoms with Crippen LogP contribution in [-0.4, -0.2) is 20.7 Å². The first-order valence-corrected chi connectivity index (χ1v) is 7.86. The number of carbonyl (C=O) groups excluding carboxylic acids is 1. The molecular weight excluding hydrogens is 296 g/mol. The normalized spacial score (nSPS) is 12.0. The number of thiophene rings is 1. The molecule has 6 heteroatoms. The quantitative estimate of drug-likeness (QED) is 0.788. The first kappa shape index (κ1) is 14.5. The minimum atomic E-state index is -0.0618. The number of aromatic nitrogens is 3. The lowest BCUT2D eigenvalue weighted by molar-refractivity contribution is 0.0940. The average molecular weight is 312 g/mol. The van der Waals surface area contributed by atoms with Gasteiger partial charge in [-0.15, -0.1) is 11.3 Å². The highest BCUT2D eigenvalue weighted by molar-refractivity contribution is 7.10. The Labute approximate surface area is 132 Å². The fourth-order valence-corrected chi connectivity index (χ4v) is 2.89. The third kappa shape index (κ3) is 3.40. The van der Waals surface area contributed by atoms with E-state index in [4.69, 9.17) is 0 Å². The summed E-state index contributed by atoms with van der Waals surface area (Å²) < 4.78 is 1.74. The molecule has 0 radical (unpaired) electrons. The maximum absolute atomic E-state index is 12.2. The number of carbonyl (C=O) groups is 1. The van der Waals surface area contributed by atoms with E-state index in [1.54, 1.807) is 22.3 Å². The van der Waals surface area contributed by atoms with Crippen molar-refractivity contribution >= 4 is 17.2 Å². The topological polar surface area (TPSA) is 59.8 Å². The van der Waals surface area contributed by atoms with E-state index < -0.39 is 0 Å². The molecule has 1 amide bonds. The Morgan fingerprint density at radius 2 is 2.14 bits per heavy atom. The SMILES string of the molecule is CC(NC(=O)c1ccc(Cn2cncn2)cc1)c1cccs1. The second kappa shape index (κ2) is 6.53. The number of amides is 1. The first-order valence-electron chi connectivity index (χ1n) is 6.98. The second-order valence-electron chi connectivity index (χ2n) is 5.00. The lowest BCUT2D eigenvalue weighted by atomic mass is 10.1. The predicted molar refractivity (Wildman–Crippen MR) is 85.8 cm³/mol. The van der Waals surface area contributed by atoms with Crippen molar-refractivity contribution in [1.29, 1.82) is 0 Å². The van der Waals surface area contributed by atoms with Crippen LogP contribution in [0.5, 0.6) is 0 Å². The molecular formula is C16H16N4OS. The lowest BCUT2D eigenvalue weighted by Crippen LogP contribution is -2.26. The number of nitrogens with one attached hydrogen (secondary N) is 1. The summed E-state index contributed by atoms with van der Waals surface area (Å²) in [5.74, 6) is -0.0618. The second-order valence-corrected chi connectivity index (χ2v) is 5.98. The largest absolute Gasteiger partial charge is 0.345 e. The zero-order valence-electron chi connectivity index (χ0n) is 12.1. The molecule has 112 valence electrons. The van der Waals surface area contributed by atoms with Crippen molar-refractivity contribution < 1.29 is 4.79 Å². The molecule has 1 aromatic carbocycles. The Kier molecular flexibility index (Phi) is 4.29. The highest BCUT2D eigenvalue weighted by Crippen LogP contribution is 2.18. The van der Waals surface area contributed by atoms with Crippen LogP contribution in [0.4, 0.5) is 0 Å². The number of hydrogen-bond acceptors (Lipinski definition) is 4. The molecule has 3 rings (SSSR count). The van der Waals surface area contributed by atoms with E-state index in [1.807, 2.05) is 48.7 Å². The minimum Gasteiger partial charge on any atom is -0.345 e. The molecule has 22 heavy (non-hydrogen) atoms. The van der Waals surface area contributed by atoms with Gasteiger partial charge in [0.2, 0.25) is 0 Å². The van der Waals surface area contributed by atoms with Gasteiger partial charge in [-0.2, -0.15) is 5.10 Å². The summed E-state index contributed by atoms with van der Waals surface area (Å²) in [5, 5.41) is 9.08. The third-order valence-electron chi connectivity index (χ3n) is 3.34. The standard InChI is InChI=1S/C16H16N4OS/c1-12(15-3-2-8-22-15)19-16(21)14-6-4-13(5-7-14)9-20-11-17-10-18-20/h2-8,10-12H,9H2,1H3,(H,19,21). The first-order chi connectivity index (χ1) is 10.7. The van der Waals surface area contributed by atoms with Crippen LogP contribution in [0.25, 0.3) is 0 Å². The summed E-state index contributed by atoms with van der Waals surface area (Å²) >= 11 is 1.64. The molecule has 0 aliphatic rings. The number of hydrogen-bond donors (Lipinski definition) is 1. The molecule has 0 aliphatic heterocycles. The summed E-state index contributed by atoms with van der Waals surface area (Å²) in [6.07, 6.45) is 3.18. The Hall–Kier alpha value is -2.47. The fourth-order valence-electron chi connectivity index (χ4n) is 2.15. The van der Waals surface area contributed by atoms with Crippen LogP contribution in [0.2, 0.25) is 0 Å². The lowest BCUT2D eigenvalue weighted by Gasteiger charge is -2.12. The van der Waals surface area contributed by atoms with Gasteiger partial charge in [0.05, 0.1) is 12.6 Å². The summed E-state index contributed by atoms with van der Waals surface area (Å²) in [5.41, 5.74) is 1.74. The van der Waals surface area contributed by atoms with Crippen molar-refractivity contribution in [2.75, 3.05) is 0 Å². The molecule has 0 spiro atoms. The predicted octanol–water partition coefficient (Wildman–Crippen LogP) is 2.88. The van der Waals surface area contributed by atoms with E-state index in [0.29, 0.717) is 12.1 Å². The van der Waals surface area contributed by atoms with Crippen LogP contribution in [0, 0.1) is 0 Å². The van der Waals surface area contributed by atoms with E-state index in [1.165, 1.54) is 6.33 Å². The Morgan fingerprint density at radius 1 is 1.32 bits per heavy atom. The van der Waals surface area contributed by atoms with Crippen LogP contribution in [-0.2, 0) is 6.54 Å². The Bertz CT molecular complexity index is 720. The summed E-state index contributed by atoms with van der Waals surface area (Å²) in [6, 6.07) is 11.6. The molecule has 0 fully saturated rings. The van der Waals surface area contributed by atoms with Crippen LogP contribution < -0.4 is 5.32 Å². The van der Waals surface area contributed by atoms with Crippen LogP contribution in [0.1, 0.15) is 33.8 Å². The maximum atomic E-state index is 12.2. The van der Waals surface area contributed by atoms with Gasteiger partial charge >= 0.3 is 0 Å². The van der Waals surface area contributed by atoms with Crippen molar-refractivity contribution in [3.63, 3.8) is 0 Å². The van der Waals surface area contributed by atoms with Gasteiger partial charge in [-0.05, 0) is 36.1 Å². The molecule has 3 aromatic rings. The average Bonchev–Trinajstić information content (AvgIpc) is 3.21. The number of nitrogens with zero attached hydrogens (tertiary/aromatic N) is 3. The molecule has 2 heterocycles. The highest BCUT2D eigenvalue weighted by atomic mass is 32.1. The third-order valence-corrected chi connectivity index (χ3v) is 4.40. The van der Waals surface area contributed by atoms with Gasteiger partial charge in [-0.1, -0.05) is 18.2 Å². The number of rotatable bonds is 5. The van der Waals surface area contributed by atoms with E-state index >= 15 is 0 Å². The maximum Gasteiger partial charge on any atom is 0.251 e. The van der Waals surface area contributed by atoms with Crippen molar-refractivity contribution in [2.45, 2.75) is 19.5 Å².